The molecule has 0 aromatic heterocycles. The highest BCUT2D eigenvalue weighted by atomic mass is 16.1. The molecule has 0 saturated carbocycles. The molecule has 2 nitrogen and oxygen atoms in total. The van der Waals surface area contributed by atoms with Gasteiger partial charge < -0.3 is 9.69 Å². The van der Waals surface area contributed by atoms with Crippen LogP contribution in [0.5, 0.6) is 0 Å². The Balaban J connectivity index is 0. The van der Waals surface area contributed by atoms with Gasteiger partial charge in [0.25, 0.3) is 0 Å². The van der Waals surface area contributed by atoms with Gasteiger partial charge >= 0.3 is 0 Å². The smallest absolute Gasteiger partial charge is 0.119 e. The molecule has 0 unspecified atom stereocenters. The Kier molecular flexibility index (Phi) is 13.4. The highest BCUT2D eigenvalue weighted by molar-refractivity contribution is 5.49. The highest BCUT2D eigenvalue weighted by Gasteiger charge is 1.67. The number of hydrogen-bond acceptors (Lipinski definition) is 2. The Hall–Kier alpha value is -0.370. The largest absolute Gasteiger partial charge is 0.312 e. The fourth-order valence-electron chi connectivity index (χ4n) is 0.0833. The number of unbranched alkanes of at least 4 members (excludes halogenated alkanes) is 1. The average Bonchev–Trinajstić information content (AvgIpc) is 1.66. The van der Waals surface area contributed by atoms with Crippen LogP contribution in [0.15, 0.2) is 0 Å². The van der Waals surface area contributed by atoms with Crippen LogP contribution >= 0.6 is 0 Å². The van der Waals surface area contributed by atoms with E-state index in [1.54, 1.807) is 0 Å². The number of carbonyl (C=O) groups is 1. The number of aldehydes is 1. The molecule has 0 aromatic rings. The third-order valence-electron chi connectivity index (χ3n) is 0.322. The summed E-state index contributed by atoms with van der Waals surface area (Å²) in [5.74, 6) is 0. The van der Waals surface area contributed by atoms with Gasteiger partial charge in [-0.1, -0.05) is 6.92 Å². The summed E-state index contributed by atoms with van der Waals surface area (Å²) in [6.45, 7) is 3.44. The molecule has 0 aliphatic heterocycles. The predicted molar refractivity (Wildman–Crippen MR) is 40.3 cm³/mol. The maximum absolute atomic E-state index is 9.36. The molecule has 0 aliphatic carbocycles. The molecule has 9 heavy (non-hydrogen) atoms. The van der Waals surface area contributed by atoms with E-state index in [1.807, 2.05) is 26.0 Å². The lowest BCUT2D eigenvalue weighted by molar-refractivity contribution is -0.107. The van der Waals surface area contributed by atoms with Crippen LogP contribution in [0.2, 0.25) is 0 Å². The fraction of sp³-hybridized carbons (Fsp3) is 0.714. The molecule has 0 amide bonds. The number of hydrogen-bond donors (Lipinski definition) is 0. The third-order valence-corrected chi connectivity index (χ3v) is 0.322. The minimum Gasteiger partial charge on any atom is -0.312 e. The number of carbonyl (C=O) groups excluding carboxylic acids is 1. The van der Waals surface area contributed by atoms with Crippen molar-refractivity contribution < 1.29 is 4.79 Å². The van der Waals surface area contributed by atoms with Crippen molar-refractivity contribution in [1.82, 2.24) is 4.90 Å². The van der Waals surface area contributed by atoms with E-state index in [1.165, 1.54) is 0 Å². The second kappa shape index (κ2) is 10.6. The Bertz CT molecular complexity index is 50.1. The molecule has 0 aliphatic rings. The van der Waals surface area contributed by atoms with E-state index in [0.717, 1.165) is 12.7 Å². The van der Waals surface area contributed by atoms with Crippen molar-refractivity contribution in [3.05, 3.63) is 6.92 Å². The van der Waals surface area contributed by atoms with Crippen molar-refractivity contribution in [2.75, 3.05) is 21.1 Å². The summed E-state index contributed by atoms with van der Waals surface area (Å²) in [6, 6.07) is 0. The zero-order chi connectivity index (χ0) is 7.70. The van der Waals surface area contributed by atoms with Crippen LogP contribution in [0.1, 0.15) is 12.8 Å². The van der Waals surface area contributed by atoms with Gasteiger partial charge in [-0.15, -0.1) is 0 Å². The lowest BCUT2D eigenvalue weighted by atomic mass is 10.4. The van der Waals surface area contributed by atoms with Crippen LogP contribution in [0.3, 0.4) is 0 Å². The first-order valence-electron chi connectivity index (χ1n) is 2.99. The third kappa shape index (κ3) is 91.0. The molecule has 0 rings (SSSR count). The van der Waals surface area contributed by atoms with Crippen LogP contribution in [0.25, 0.3) is 0 Å². The summed E-state index contributed by atoms with van der Waals surface area (Å²) in [5, 5.41) is 0. The van der Waals surface area contributed by atoms with E-state index < -0.39 is 0 Å². The van der Waals surface area contributed by atoms with Crippen molar-refractivity contribution in [2.45, 2.75) is 12.8 Å². The van der Waals surface area contributed by atoms with Crippen LogP contribution in [0, 0.1) is 6.92 Å². The molecule has 0 spiro atoms. The molecule has 0 atom stereocenters. The average molecular weight is 130 g/mol. The van der Waals surface area contributed by atoms with E-state index in [9.17, 15) is 4.79 Å². The molecule has 55 valence electrons. The quantitative estimate of drug-likeness (QED) is 0.519. The molecule has 0 heterocycles. The van der Waals surface area contributed by atoms with E-state index >= 15 is 0 Å². The van der Waals surface area contributed by atoms with Crippen molar-refractivity contribution in [1.29, 1.82) is 0 Å². The van der Waals surface area contributed by atoms with Crippen LogP contribution < -0.4 is 0 Å². The van der Waals surface area contributed by atoms with E-state index in [4.69, 9.17) is 0 Å². The van der Waals surface area contributed by atoms with Gasteiger partial charge in [-0.3, -0.25) is 0 Å². The molecular weight excluding hydrogens is 114 g/mol. The second-order valence-corrected chi connectivity index (χ2v) is 2.15. The Morgan fingerprint density at radius 2 is 1.78 bits per heavy atom. The fourth-order valence-corrected chi connectivity index (χ4v) is 0.0833. The second-order valence-electron chi connectivity index (χ2n) is 2.15. The summed E-state index contributed by atoms with van der Waals surface area (Å²) in [7, 11) is 6.00. The van der Waals surface area contributed by atoms with Crippen molar-refractivity contribution in [3.8, 4) is 0 Å². The summed E-state index contributed by atoms with van der Waals surface area (Å²) >= 11 is 0. The summed E-state index contributed by atoms with van der Waals surface area (Å²) < 4.78 is 0. The minimum absolute atomic E-state index is 0.597. The van der Waals surface area contributed by atoms with Crippen LogP contribution in [0.4, 0.5) is 0 Å². The van der Waals surface area contributed by atoms with Gasteiger partial charge in [0, 0.05) is 6.42 Å². The molecular formula is C7H16NO. The first kappa shape index (κ1) is 11.4. The van der Waals surface area contributed by atoms with Crippen LogP contribution in [-0.4, -0.2) is 32.3 Å². The highest BCUT2D eigenvalue weighted by Crippen LogP contribution is 1.73. The first-order valence-corrected chi connectivity index (χ1v) is 2.99. The number of nitrogens with zero attached hydrogens (tertiary/aromatic N) is 1. The lowest BCUT2D eigenvalue weighted by Crippen LogP contribution is -1.99. The van der Waals surface area contributed by atoms with Gasteiger partial charge in [-0.25, -0.2) is 0 Å². The summed E-state index contributed by atoms with van der Waals surface area (Å²) in [4.78, 5) is 11.4. The first-order chi connectivity index (χ1) is 4.15. The Morgan fingerprint density at radius 1 is 1.44 bits per heavy atom. The Labute approximate surface area is 57.9 Å². The van der Waals surface area contributed by atoms with Gasteiger partial charge in [0.1, 0.15) is 6.29 Å². The summed E-state index contributed by atoms with van der Waals surface area (Å²) in [6.07, 6.45) is 2.19. The lowest BCUT2D eigenvalue weighted by Gasteiger charge is -1.90. The SMILES string of the molecule is CN(C)C.[CH2]CCC=O. The molecule has 0 fully saturated rings. The zero-order valence-electron chi connectivity index (χ0n) is 6.55. The maximum atomic E-state index is 9.36. The van der Waals surface area contributed by atoms with Crippen molar-refractivity contribution >= 4 is 6.29 Å². The van der Waals surface area contributed by atoms with Crippen LogP contribution in [-0.2, 0) is 4.79 Å². The molecule has 0 bridgehead atoms. The normalized spacial score (nSPS) is 8.11. The molecule has 0 saturated heterocycles. The van der Waals surface area contributed by atoms with Gasteiger partial charge in [0.2, 0.25) is 0 Å². The van der Waals surface area contributed by atoms with Crippen molar-refractivity contribution in [3.63, 3.8) is 0 Å². The van der Waals surface area contributed by atoms with Gasteiger partial charge in [0.15, 0.2) is 0 Å². The monoisotopic (exact) mass is 130 g/mol. The standard InChI is InChI=1S/C4H7O.C3H9N/c1-2-3-4-5;1-4(2)3/h4H,1-3H2;1-3H3. The van der Waals surface area contributed by atoms with E-state index in [2.05, 4.69) is 6.92 Å². The maximum Gasteiger partial charge on any atom is 0.119 e. The van der Waals surface area contributed by atoms with Gasteiger partial charge in [-0.2, -0.15) is 0 Å². The summed E-state index contributed by atoms with van der Waals surface area (Å²) in [5.41, 5.74) is 0. The molecule has 0 aromatic carbocycles. The molecule has 1 radical (unpaired) electrons. The predicted octanol–water partition coefficient (Wildman–Crippen LogP) is 0.977. The van der Waals surface area contributed by atoms with E-state index in [0.29, 0.717) is 6.42 Å². The molecule has 0 N–H and O–H groups in total. The van der Waals surface area contributed by atoms with Gasteiger partial charge in [-0.05, 0) is 27.6 Å². The number of rotatable bonds is 2. The minimum atomic E-state index is 0.597. The van der Waals surface area contributed by atoms with Crippen molar-refractivity contribution in [2.24, 2.45) is 0 Å². The van der Waals surface area contributed by atoms with Gasteiger partial charge in [0.05, 0.1) is 0 Å². The molecule has 2 heteroatoms. The zero-order valence-corrected chi connectivity index (χ0v) is 6.55. The van der Waals surface area contributed by atoms with E-state index in [-0.39, 0.29) is 0 Å². The topological polar surface area (TPSA) is 20.3 Å². The Morgan fingerprint density at radius 3 is 1.78 bits per heavy atom.